The number of aromatic nitrogens is 1. The molecule has 2 unspecified atom stereocenters. The Balaban J connectivity index is 0.00000364. The van der Waals surface area contributed by atoms with Crippen molar-refractivity contribution < 1.29 is 4.74 Å². The number of nitrogens with zero attached hydrogens (tertiary/aromatic N) is 3. The van der Waals surface area contributed by atoms with Gasteiger partial charge in [-0.05, 0) is 41.5 Å². The lowest BCUT2D eigenvalue weighted by molar-refractivity contribution is -0.0946. The number of hydrogen-bond donors (Lipinski definition) is 2. The molecule has 2 heterocycles. The van der Waals surface area contributed by atoms with Crippen LogP contribution in [0.4, 0.5) is 0 Å². The van der Waals surface area contributed by atoms with Crippen LogP contribution in [0.2, 0.25) is 0 Å². The summed E-state index contributed by atoms with van der Waals surface area (Å²) in [5, 5.41) is 8.06. The van der Waals surface area contributed by atoms with Gasteiger partial charge in [-0.2, -0.15) is 0 Å². The van der Waals surface area contributed by atoms with E-state index >= 15 is 0 Å². The first-order valence-electron chi connectivity index (χ1n) is 9.49. The molecule has 0 radical (unpaired) electrons. The van der Waals surface area contributed by atoms with Crippen LogP contribution in [0.3, 0.4) is 0 Å². The molecule has 1 aliphatic rings. The van der Waals surface area contributed by atoms with E-state index in [1.54, 1.807) is 11.3 Å². The Kier molecular flexibility index (Phi) is 9.95. The Labute approximate surface area is 185 Å². The topological polar surface area (TPSA) is 61.8 Å². The molecule has 0 spiro atoms. The normalized spacial score (nSPS) is 21.7. The smallest absolute Gasteiger partial charge is 0.191 e. The molecular weight excluding hydrogens is 473 g/mol. The maximum atomic E-state index is 5.86. The second-order valence-electron chi connectivity index (χ2n) is 7.83. The van der Waals surface area contributed by atoms with E-state index in [-0.39, 0.29) is 41.7 Å². The van der Waals surface area contributed by atoms with Crippen LogP contribution < -0.4 is 10.6 Å². The van der Waals surface area contributed by atoms with Gasteiger partial charge in [0.2, 0.25) is 0 Å². The molecule has 1 aromatic heterocycles. The van der Waals surface area contributed by atoms with Crippen molar-refractivity contribution in [1.29, 1.82) is 0 Å². The molecule has 27 heavy (non-hydrogen) atoms. The first-order chi connectivity index (χ1) is 12.2. The van der Waals surface area contributed by atoms with Crippen molar-refractivity contribution in [3.63, 3.8) is 0 Å². The van der Waals surface area contributed by atoms with Gasteiger partial charge in [-0.25, -0.2) is 4.98 Å². The Bertz CT molecular complexity index is 590. The van der Waals surface area contributed by atoms with Gasteiger partial charge < -0.3 is 15.4 Å². The fourth-order valence-corrected chi connectivity index (χ4v) is 4.17. The van der Waals surface area contributed by atoms with Crippen molar-refractivity contribution in [3.05, 3.63) is 15.6 Å². The highest BCUT2D eigenvalue weighted by Gasteiger charge is 2.33. The number of thiazole rings is 1. The predicted molar refractivity (Wildman–Crippen MR) is 126 cm³/mol. The Morgan fingerprint density at radius 1 is 1.26 bits per heavy atom. The van der Waals surface area contributed by atoms with Crippen LogP contribution >= 0.6 is 35.3 Å². The number of aryl methyl sites for hydroxylation is 2. The van der Waals surface area contributed by atoms with E-state index < -0.39 is 0 Å². The molecule has 1 fully saturated rings. The van der Waals surface area contributed by atoms with Gasteiger partial charge in [0.1, 0.15) is 0 Å². The van der Waals surface area contributed by atoms with Crippen LogP contribution in [0.5, 0.6) is 0 Å². The highest BCUT2D eigenvalue weighted by Crippen LogP contribution is 2.20. The third-order valence-corrected chi connectivity index (χ3v) is 6.02. The third kappa shape index (κ3) is 7.47. The zero-order valence-corrected chi connectivity index (χ0v) is 20.9. The van der Waals surface area contributed by atoms with E-state index in [2.05, 4.69) is 67.1 Å². The molecule has 2 N–H and O–H groups in total. The van der Waals surface area contributed by atoms with Gasteiger partial charge in [-0.15, -0.1) is 35.3 Å². The van der Waals surface area contributed by atoms with Crippen molar-refractivity contribution in [1.82, 2.24) is 20.5 Å². The minimum Gasteiger partial charge on any atom is -0.373 e. The maximum absolute atomic E-state index is 5.86. The minimum atomic E-state index is 0. The van der Waals surface area contributed by atoms with Gasteiger partial charge in [0.05, 0.1) is 22.9 Å². The van der Waals surface area contributed by atoms with Gasteiger partial charge in [0.25, 0.3) is 0 Å². The second kappa shape index (κ2) is 10.9. The van der Waals surface area contributed by atoms with Crippen molar-refractivity contribution in [2.24, 2.45) is 4.99 Å². The molecule has 0 aromatic carbocycles. The SMILES string of the molecule is CN=C(NCCc1nc(C)c(C)s1)NCC(C)(C)N1CC(C)OC(C)C1.I. The van der Waals surface area contributed by atoms with Crippen LogP contribution in [0.25, 0.3) is 0 Å². The van der Waals surface area contributed by atoms with Gasteiger partial charge in [-0.3, -0.25) is 9.89 Å². The molecular formula is C19H36IN5OS. The molecule has 0 bridgehead atoms. The van der Waals surface area contributed by atoms with Gasteiger partial charge in [0, 0.05) is 50.1 Å². The lowest BCUT2D eigenvalue weighted by atomic mass is 10.00. The number of hydrogen-bond acceptors (Lipinski definition) is 5. The number of nitrogens with one attached hydrogen (secondary N) is 2. The third-order valence-electron chi connectivity index (χ3n) is 4.89. The molecule has 8 heteroatoms. The largest absolute Gasteiger partial charge is 0.373 e. The molecule has 2 rings (SSSR count). The van der Waals surface area contributed by atoms with Crippen molar-refractivity contribution in [2.75, 3.05) is 33.2 Å². The Morgan fingerprint density at radius 2 is 1.89 bits per heavy atom. The summed E-state index contributed by atoms with van der Waals surface area (Å²) in [6.45, 7) is 16.6. The van der Waals surface area contributed by atoms with Crippen molar-refractivity contribution >= 4 is 41.3 Å². The first-order valence-corrected chi connectivity index (χ1v) is 10.3. The van der Waals surface area contributed by atoms with Crippen LogP contribution in [0.1, 0.15) is 43.3 Å². The highest BCUT2D eigenvalue weighted by atomic mass is 127. The lowest BCUT2D eigenvalue weighted by Gasteiger charge is -2.45. The molecule has 0 amide bonds. The molecule has 1 aromatic rings. The zero-order chi connectivity index (χ0) is 19.3. The molecule has 1 aliphatic heterocycles. The number of halogens is 1. The molecule has 156 valence electrons. The summed E-state index contributed by atoms with van der Waals surface area (Å²) >= 11 is 1.78. The summed E-state index contributed by atoms with van der Waals surface area (Å²) in [7, 11) is 1.82. The second-order valence-corrected chi connectivity index (χ2v) is 9.11. The van der Waals surface area contributed by atoms with Gasteiger partial charge in [-0.1, -0.05) is 0 Å². The van der Waals surface area contributed by atoms with E-state index in [4.69, 9.17) is 4.74 Å². The van der Waals surface area contributed by atoms with E-state index in [1.807, 2.05) is 7.05 Å². The Hall–Kier alpha value is -0.450. The van der Waals surface area contributed by atoms with Crippen LogP contribution in [-0.2, 0) is 11.2 Å². The molecule has 0 aliphatic carbocycles. The summed E-state index contributed by atoms with van der Waals surface area (Å²) in [6, 6.07) is 0. The van der Waals surface area contributed by atoms with Crippen molar-refractivity contribution in [3.8, 4) is 0 Å². The van der Waals surface area contributed by atoms with Crippen molar-refractivity contribution in [2.45, 2.75) is 65.7 Å². The maximum Gasteiger partial charge on any atom is 0.191 e. The zero-order valence-electron chi connectivity index (χ0n) is 17.8. The first kappa shape index (κ1) is 24.6. The average Bonchev–Trinajstić information content (AvgIpc) is 2.88. The van der Waals surface area contributed by atoms with Crippen LogP contribution in [-0.4, -0.2) is 66.8 Å². The van der Waals surface area contributed by atoms with E-state index in [0.29, 0.717) is 0 Å². The fourth-order valence-electron chi connectivity index (χ4n) is 3.24. The predicted octanol–water partition coefficient (Wildman–Crippen LogP) is 2.97. The van der Waals surface area contributed by atoms with Crippen LogP contribution in [0, 0.1) is 13.8 Å². The summed E-state index contributed by atoms with van der Waals surface area (Å²) in [5.41, 5.74) is 1.18. The number of aliphatic imine (C=N–C) groups is 1. The molecule has 2 atom stereocenters. The monoisotopic (exact) mass is 509 g/mol. The van der Waals surface area contributed by atoms with E-state index in [1.165, 1.54) is 9.88 Å². The Morgan fingerprint density at radius 3 is 2.41 bits per heavy atom. The summed E-state index contributed by atoms with van der Waals surface area (Å²) in [6.07, 6.45) is 1.48. The van der Waals surface area contributed by atoms with E-state index in [9.17, 15) is 0 Å². The summed E-state index contributed by atoms with van der Waals surface area (Å²) < 4.78 is 5.86. The fraction of sp³-hybridized carbons (Fsp3) is 0.789. The highest BCUT2D eigenvalue weighted by molar-refractivity contribution is 14.0. The summed E-state index contributed by atoms with van der Waals surface area (Å²) in [5.74, 6) is 0.845. The molecule has 1 saturated heterocycles. The van der Waals surface area contributed by atoms with Gasteiger partial charge in [0.15, 0.2) is 5.96 Å². The quantitative estimate of drug-likeness (QED) is 0.351. The number of rotatable bonds is 6. The average molecular weight is 510 g/mol. The minimum absolute atomic E-state index is 0. The van der Waals surface area contributed by atoms with Gasteiger partial charge >= 0.3 is 0 Å². The summed E-state index contributed by atoms with van der Waals surface area (Å²) in [4.78, 5) is 12.8. The molecule has 6 nitrogen and oxygen atoms in total. The number of morpholine rings is 1. The van der Waals surface area contributed by atoms with E-state index in [0.717, 1.165) is 44.3 Å². The standard InChI is InChI=1S/C19H35N5OS.HI/c1-13-10-24(11-14(2)25-13)19(5,6)12-22-18(20-7)21-9-8-17-23-15(3)16(4)26-17;/h13-14H,8-12H2,1-7H3,(H2,20,21,22);1H. The number of guanidine groups is 1. The number of ether oxygens (including phenoxy) is 1. The lowest BCUT2D eigenvalue weighted by Crippen LogP contribution is -2.59. The molecule has 0 saturated carbocycles. The van der Waals surface area contributed by atoms with Crippen LogP contribution in [0.15, 0.2) is 4.99 Å².